The van der Waals surface area contributed by atoms with E-state index in [1.807, 2.05) is 0 Å². The maximum atomic E-state index is 13.5. The van der Waals surface area contributed by atoms with E-state index in [-0.39, 0.29) is 33.9 Å². The minimum absolute atomic E-state index is 0.0252. The summed E-state index contributed by atoms with van der Waals surface area (Å²) in [4.78, 5) is 73.6. The van der Waals surface area contributed by atoms with Gasteiger partial charge < -0.3 is 42.6 Å². The maximum Gasteiger partial charge on any atom is 0.343 e. The summed E-state index contributed by atoms with van der Waals surface area (Å²) in [6, 6.07) is 23.4. The van der Waals surface area contributed by atoms with E-state index in [0.717, 1.165) is 115 Å². The van der Waals surface area contributed by atoms with E-state index in [1.54, 1.807) is 72.8 Å². The summed E-state index contributed by atoms with van der Waals surface area (Å²) in [7, 11) is 0. The van der Waals surface area contributed by atoms with Crippen LogP contribution < -0.4 is 28.4 Å². The lowest BCUT2D eigenvalue weighted by atomic mass is 10.1. The summed E-state index contributed by atoms with van der Waals surface area (Å²) in [6.07, 6.45) is 16.8. The molecule has 0 aliphatic carbocycles. The second-order valence-corrected chi connectivity index (χ2v) is 16.3. The highest BCUT2D eigenvalue weighted by molar-refractivity contribution is 5.94. The molecule has 0 fully saturated rings. The number of benzene rings is 4. The van der Waals surface area contributed by atoms with Crippen molar-refractivity contribution in [2.24, 2.45) is 0 Å². The molecular formula is C57H66O15. The predicted octanol–water partition coefficient (Wildman–Crippen LogP) is 11.5. The average molecular weight is 991 g/mol. The van der Waals surface area contributed by atoms with Crippen molar-refractivity contribution in [2.75, 3.05) is 39.6 Å². The standard InChI is InChI=1S/C57H66O15/c1-4-52(58)67-39-19-13-7-10-16-36-64-46-28-22-43(23-29-46)55(61)70-49-34-35-50(71-56(62)44-24-30-47(31-25-44)65-37-17-11-8-14-20-40-68-53(59)5-2)51(42-49)72-57(63)45-26-32-48(33-27-45)66-38-18-12-9-15-21-41-69-54(60)6-3/h4-6,22-35,42H,1-3,7-21,36-41H2. The van der Waals surface area contributed by atoms with Crippen LogP contribution >= 0.6 is 0 Å². The second-order valence-electron chi connectivity index (χ2n) is 16.3. The van der Waals surface area contributed by atoms with E-state index in [4.69, 9.17) is 42.6 Å². The number of hydrogen-bond donors (Lipinski definition) is 0. The van der Waals surface area contributed by atoms with Gasteiger partial charge >= 0.3 is 35.8 Å². The molecule has 384 valence electrons. The van der Waals surface area contributed by atoms with Crippen molar-refractivity contribution in [2.45, 2.75) is 96.3 Å². The molecule has 4 aromatic rings. The molecular weight excluding hydrogens is 925 g/mol. The first kappa shape index (κ1) is 56.9. The van der Waals surface area contributed by atoms with Crippen molar-refractivity contribution in [1.29, 1.82) is 0 Å². The molecule has 0 heterocycles. The molecule has 0 saturated heterocycles. The van der Waals surface area contributed by atoms with Crippen LogP contribution in [0.25, 0.3) is 0 Å². The summed E-state index contributed by atoms with van der Waals surface area (Å²) < 4.78 is 49.7. The molecule has 15 nitrogen and oxygen atoms in total. The van der Waals surface area contributed by atoms with Crippen LogP contribution in [-0.4, -0.2) is 75.5 Å². The highest BCUT2D eigenvalue weighted by atomic mass is 16.6. The van der Waals surface area contributed by atoms with E-state index in [9.17, 15) is 28.8 Å². The SMILES string of the molecule is C=CC(=O)OCCCCCCCOc1ccc(C(=O)Oc2ccc(OC(=O)c3ccc(OCCCCCCCOC(=O)C=C)cc3)c(OC(=O)c3ccc(OCCCCCCCOC(=O)C=C)cc3)c2)cc1. The van der Waals surface area contributed by atoms with Gasteiger partial charge in [0, 0.05) is 24.3 Å². The zero-order valence-corrected chi connectivity index (χ0v) is 41.0. The van der Waals surface area contributed by atoms with Crippen molar-refractivity contribution < 1.29 is 71.4 Å². The molecule has 4 aromatic carbocycles. The van der Waals surface area contributed by atoms with Gasteiger partial charge in [0.15, 0.2) is 11.5 Å². The number of hydrogen-bond acceptors (Lipinski definition) is 15. The highest BCUT2D eigenvalue weighted by Crippen LogP contribution is 2.34. The van der Waals surface area contributed by atoms with Crippen LogP contribution in [0.4, 0.5) is 0 Å². The van der Waals surface area contributed by atoms with Crippen molar-refractivity contribution >= 4 is 35.8 Å². The van der Waals surface area contributed by atoms with Crippen LogP contribution in [-0.2, 0) is 28.6 Å². The number of carbonyl (C=O) groups excluding carboxylic acids is 6. The lowest BCUT2D eigenvalue weighted by molar-refractivity contribution is -0.138. The molecule has 0 N–H and O–H groups in total. The van der Waals surface area contributed by atoms with Gasteiger partial charge in [-0.3, -0.25) is 0 Å². The monoisotopic (exact) mass is 990 g/mol. The lowest BCUT2D eigenvalue weighted by Crippen LogP contribution is -2.13. The maximum absolute atomic E-state index is 13.5. The Kier molecular flexibility index (Phi) is 26.7. The first-order chi connectivity index (χ1) is 35.1. The van der Waals surface area contributed by atoms with E-state index in [1.165, 1.54) is 18.2 Å². The van der Waals surface area contributed by atoms with Crippen LogP contribution in [0.2, 0.25) is 0 Å². The third-order valence-electron chi connectivity index (χ3n) is 10.7. The fourth-order valence-electron chi connectivity index (χ4n) is 6.73. The topological polar surface area (TPSA) is 185 Å². The Hall–Kier alpha value is -7.68. The normalized spacial score (nSPS) is 10.5. The van der Waals surface area contributed by atoms with Gasteiger partial charge in [0.1, 0.15) is 23.0 Å². The van der Waals surface area contributed by atoms with Crippen molar-refractivity contribution in [1.82, 2.24) is 0 Å². The first-order valence-electron chi connectivity index (χ1n) is 24.4. The average Bonchev–Trinajstić information content (AvgIpc) is 3.40. The molecule has 0 radical (unpaired) electrons. The van der Waals surface area contributed by atoms with Gasteiger partial charge in [-0.05, 0) is 123 Å². The molecule has 15 heteroatoms. The Labute approximate surface area is 422 Å². The van der Waals surface area contributed by atoms with Gasteiger partial charge in [-0.15, -0.1) is 0 Å². The Morgan fingerprint density at radius 3 is 0.931 bits per heavy atom. The van der Waals surface area contributed by atoms with E-state index in [2.05, 4.69) is 19.7 Å². The Morgan fingerprint density at radius 2 is 0.597 bits per heavy atom. The van der Waals surface area contributed by atoms with E-state index < -0.39 is 35.8 Å². The molecule has 72 heavy (non-hydrogen) atoms. The van der Waals surface area contributed by atoms with Crippen LogP contribution in [0.1, 0.15) is 127 Å². The summed E-state index contributed by atoms with van der Waals surface area (Å²) in [5.41, 5.74) is 0.641. The van der Waals surface area contributed by atoms with Crippen LogP contribution in [0.5, 0.6) is 34.5 Å². The minimum atomic E-state index is -0.765. The van der Waals surface area contributed by atoms with Crippen LogP contribution in [0.3, 0.4) is 0 Å². The Balaban J connectivity index is 1.32. The molecule has 0 bridgehead atoms. The van der Waals surface area contributed by atoms with Gasteiger partial charge in [0.2, 0.25) is 0 Å². The Morgan fingerprint density at radius 1 is 0.319 bits per heavy atom. The molecule has 4 rings (SSSR count). The van der Waals surface area contributed by atoms with Gasteiger partial charge in [-0.2, -0.15) is 0 Å². The molecule has 0 unspecified atom stereocenters. The van der Waals surface area contributed by atoms with Gasteiger partial charge in [0.25, 0.3) is 0 Å². The molecule has 0 aliphatic heterocycles. The number of unbranched alkanes of at least 4 members (excludes halogenated alkanes) is 12. The molecule has 0 aromatic heterocycles. The quantitative estimate of drug-likeness (QED) is 0.0138. The van der Waals surface area contributed by atoms with Gasteiger partial charge in [-0.1, -0.05) is 77.5 Å². The Bertz CT molecular complexity index is 2340. The molecule has 0 atom stereocenters. The van der Waals surface area contributed by atoms with E-state index in [0.29, 0.717) is 56.9 Å². The molecule has 0 aliphatic rings. The van der Waals surface area contributed by atoms with Crippen LogP contribution in [0.15, 0.2) is 129 Å². The fourth-order valence-corrected chi connectivity index (χ4v) is 6.73. The van der Waals surface area contributed by atoms with Crippen molar-refractivity contribution in [3.8, 4) is 34.5 Å². The summed E-state index contributed by atoms with van der Waals surface area (Å²) >= 11 is 0. The number of rotatable bonds is 36. The zero-order valence-electron chi connectivity index (χ0n) is 41.0. The second kappa shape index (κ2) is 33.8. The molecule has 0 saturated carbocycles. The number of ether oxygens (including phenoxy) is 9. The van der Waals surface area contributed by atoms with Gasteiger partial charge in [-0.25, -0.2) is 28.8 Å². The largest absolute Gasteiger partial charge is 0.494 e. The lowest BCUT2D eigenvalue weighted by Gasteiger charge is -2.13. The third kappa shape index (κ3) is 22.8. The number of esters is 6. The summed E-state index contributed by atoms with van der Waals surface area (Å²) in [5, 5.41) is 0. The summed E-state index contributed by atoms with van der Waals surface area (Å²) in [6.45, 7) is 12.7. The molecule has 0 amide bonds. The minimum Gasteiger partial charge on any atom is -0.494 e. The first-order valence-corrected chi connectivity index (χ1v) is 24.4. The smallest absolute Gasteiger partial charge is 0.343 e. The van der Waals surface area contributed by atoms with E-state index >= 15 is 0 Å². The zero-order chi connectivity index (χ0) is 51.6. The van der Waals surface area contributed by atoms with Crippen molar-refractivity contribution in [3.63, 3.8) is 0 Å². The molecule has 0 spiro atoms. The van der Waals surface area contributed by atoms with Crippen LogP contribution in [0, 0.1) is 0 Å². The fraction of sp³-hybridized carbons (Fsp3) is 0.368. The van der Waals surface area contributed by atoms with Gasteiger partial charge in [0.05, 0.1) is 56.3 Å². The predicted molar refractivity (Wildman–Crippen MR) is 270 cm³/mol. The number of carbonyl (C=O) groups is 6. The highest BCUT2D eigenvalue weighted by Gasteiger charge is 2.20. The summed E-state index contributed by atoms with van der Waals surface area (Å²) in [5.74, 6) is -1.96. The van der Waals surface area contributed by atoms with Crippen molar-refractivity contribution in [3.05, 3.63) is 146 Å². The third-order valence-corrected chi connectivity index (χ3v) is 10.7.